The maximum absolute atomic E-state index is 11.6. The van der Waals surface area contributed by atoms with Crippen LogP contribution in [0.4, 0.5) is 0 Å². The molecule has 0 saturated carbocycles. The number of carbonyl (C=O) groups excluding carboxylic acids is 4. The van der Waals surface area contributed by atoms with Crippen molar-refractivity contribution in [3.63, 3.8) is 0 Å². The Balaban J connectivity index is 4.97. The lowest BCUT2D eigenvalue weighted by Gasteiger charge is -2.24. The molecule has 0 bridgehead atoms. The maximum Gasteiger partial charge on any atom is 0.305 e. The van der Waals surface area contributed by atoms with Gasteiger partial charge in [0.15, 0.2) is 6.10 Å². The van der Waals surface area contributed by atoms with Crippen molar-refractivity contribution in [1.29, 1.82) is 0 Å². The Bertz CT molecular complexity index is 614. The molecule has 0 aromatic rings. The van der Waals surface area contributed by atoms with Crippen molar-refractivity contribution in [2.24, 2.45) is 0 Å². The summed E-state index contributed by atoms with van der Waals surface area (Å²) in [5.41, 5.74) is 0. The minimum Gasteiger partial charge on any atom is -0.469 e. The molecule has 0 spiro atoms. The first-order chi connectivity index (χ1) is 15.7. The third-order valence-corrected chi connectivity index (χ3v) is 5.01. The summed E-state index contributed by atoms with van der Waals surface area (Å²) in [6.07, 6.45) is 10.5. The van der Waals surface area contributed by atoms with Crippen LogP contribution in [0.25, 0.3) is 0 Å². The van der Waals surface area contributed by atoms with Crippen LogP contribution in [0, 0.1) is 0 Å². The first kappa shape index (κ1) is 30.6. The smallest absolute Gasteiger partial charge is 0.305 e. The van der Waals surface area contributed by atoms with E-state index in [-0.39, 0.29) is 5.97 Å². The third kappa shape index (κ3) is 17.8. The molecule has 3 atom stereocenters. The summed E-state index contributed by atoms with van der Waals surface area (Å²) in [7, 11) is 1.39. The number of ether oxygens (including phenoxy) is 4. The van der Waals surface area contributed by atoms with E-state index in [1.807, 2.05) is 0 Å². The summed E-state index contributed by atoms with van der Waals surface area (Å²) in [5.74, 6) is -1.51. The summed E-state index contributed by atoms with van der Waals surface area (Å²) < 4.78 is 20.9. The fraction of sp³-hybridized carbons (Fsp3) is 0.760. The summed E-state index contributed by atoms with van der Waals surface area (Å²) in [4.78, 5) is 45.9. The lowest BCUT2D eigenvalue weighted by molar-refractivity contribution is -0.162. The van der Waals surface area contributed by atoms with Crippen molar-refractivity contribution < 1.29 is 38.1 Å². The summed E-state index contributed by atoms with van der Waals surface area (Å²) >= 11 is 0. The van der Waals surface area contributed by atoms with Crippen molar-refractivity contribution in [3.05, 3.63) is 12.2 Å². The van der Waals surface area contributed by atoms with Gasteiger partial charge in [-0.25, -0.2) is 0 Å². The van der Waals surface area contributed by atoms with Gasteiger partial charge >= 0.3 is 23.9 Å². The molecule has 0 aromatic carbocycles. The molecule has 0 fully saturated rings. The van der Waals surface area contributed by atoms with Crippen LogP contribution in [0.2, 0.25) is 0 Å². The highest BCUT2D eigenvalue weighted by Gasteiger charge is 2.25. The SMILES string of the molecule is CCCCC[C@H](OC(C)=O)[C@H](/C=C/[C@@H](CCCCCCCC(=O)OC)OC(C)=O)OC(C)=O. The number of esters is 4. The Labute approximate surface area is 198 Å². The Morgan fingerprint density at radius 3 is 1.85 bits per heavy atom. The average molecular weight is 471 g/mol. The summed E-state index contributed by atoms with van der Waals surface area (Å²) in [6, 6.07) is 0. The zero-order valence-electron chi connectivity index (χ0n) is 20.9. The van der Waals surface area contributed by atoms with Crippen molar-refractivity contribution in [1.82, 2.24) is 0 Å². The molecule has 0 rings (SSSR count). The first-order valence-electron chi connectivity index (χ1n) is 12.0. The quantitative estimate of drug-likeness (QED) is 0.121. The van der Waals surface area contributed by atoms with Crippen LogP contribution >= 0.6 is 0 Å². The van der Waals surface area contributed by atoms with Gasteiger partial charge in [-0.1, -0.05) is 39.0 Å². The van der Waals surface area contributed by atoms with Crippen molar-refractivity contribution in [3.8, 4) is 0 Å². The molecule has 0 N–H and O–H groups in total. The van der Waals surface area contributed by atoms with E-state index in [2.05, 4.69) is 11.7 Å². The van der Waals surface area contributed by atoms with E-state index in [0.717, 1.165) is 51.4 Å². The van der Waals surface area contributed by atoms with Gasteiger partial charge in [0.25, 0.3) is 0 Å². The van der Waals surface area contributed by atoms with Gasteiger partial charge in [-0.15, -0.1) is 0 Å². The van der Waals surface area contributed by atoms with Crippen molar-refractivity contribution in [2.45, 2.75) is 117 Å². The molecule has 190 valence electrons. The highest BCUT2D eigenvalue weighted by molar-refractivity contribution is 5.69. The van der Waals surface area contributed by atoms with Gasteiger partial charge < -0.3 is 18.9 Å². The van der Waals surface area contributed by atoms with E-state index in [1.165, 1.54) is 27.9 Å². The number of hydrogen-bond acceptors (Lipinski definition) is 8. The minimum atomic E-state index is -0.750. The van der Waals surface area contributed by atoms with Crippen LogP contribution in [0.5, 0.6) is 0 Å². The molecule has 0 heterocycles. The Kier molecular flexibility index (Phi) is 17.7. The zero-order valence-corrected chi connectivity index (χ0v) is 20.9. The van der Waals surface area contributed by atoms with E-state index < -0.39 is 36.2 Å². The summed E-state index contributed by atoms with van der Waals surface area (Å²) in [5, 5.41) is 0. The minimum absolute atomic E-state index is 0.195. The van der Waals surface area contributed by atoms with Crippen LogP contribution < -0.4 is 0 Å². The van der Waals surface area contributed by atoms with Crippen LogP contribution in [0.15, 0.2) is 12.2 Å². The molecular formula is C25H42O8. The van der Waals surface area contributed by atoms with Gasteiger partial charge in [0.05, 0.1) is 7.11 Å². The number of methoxy groups -OCH3 is 1. The third-order valence-electron chi connectivity index (χ3n) is 5.01. The van der Waals surface area contributed by atoms with Crippen LogP contribution in [0.1, 0.15) is 98.3 Å². The van der Waals surface area contributed by atoms with Gasteiger partial charge in [0.1, 0.15) is 12.2 Å². The van der Waals surface area contributed by atoms with E-state index in [4.69, 9.17) is 14.2 Å². The predicted octanol–water partition coefficient (Wildman–Crippen LogP) is 4.82. The second-order valence-corrected chi connectivity index (χ2v) is 8.13. The van der Waals surface area contributed by atoms with E-state index >= 15 is 0 Å². The number of hydrogen-bond donors (Lipinski definition) is 0. The highest BCUT2D eigenvalue weighted by atomic mass is 16.6. The molecular weight excluding hydrogens is 428 g/mol. The Hall–Kier alpha value is -2.38. The van der Waals surface area contributed by atoms with Crippen LogP contribution in [-0.4, -0.2) is 49.3 Å². The molecule has 0 radical (unpaired) electrons. The van der Waals surface area contributed by atoms with Gasteiger partial charge in [-0.2, -0.15) is 0 Å². The normalized spacial score (nSPS) is 13.7. The molecule has 33 heavy (non-hydrogen) atoms. The fourth-order valence-electron chi connectivity index (χ4n) is 3.42. The average Bonchev–Trinajstić information content (AvgIpc) is 2.73. The number of unbranched alkanes of at least 4 members (excludes halogenated alkanes) is 6. The number of carbonyl (C=O) groups is 4. The van der Waals surface area contributed by atoms with Gasteiger partial charge in [0.2, 0.25) is 0 Å². The van der Waals surface area contributed by atoms with Crippen molar-refractivity contribution >= 4 is 23.9 Å². The lowest BCUT2D eigenvalue weighted by Crippen LogP contribution is -2.33. The zero-order chi connectivity index (χ0) is 25.1. The molecule has 0 aromatic heterocycles. The molecule has 0 aliphatic heterocycles. The highest BCUT2D eigenvalue weighted by Crippen LogP contribution is 2.18. The fourth-order valence-corrected chi connectivity index (χ4v) is 3.42. The van der Waals surface area contributed by atoms with Gasteiger partial charge in [-0.3, -0.25) is 19.2 Å². The van der Waals surface area contributed by atoms with E-state index in [9.17, 15) is 19.2 Å². The molecule has 8 heteroatoms. The van der Waals surface area contributed by atoms with Crippen LogP contribution in [-0.2, 0) is 38.1 Å². The second-order valence-electron chi connectivity index (χ2n) is 8.13. The van der Waals surface area contributed by atoms with Gasteiger partial charge in [-0.05, 0) is 44.3 Å². The van der Waals surface area contributed by atoms with Gasteiger partial charge in [0, 0.05) is 27.2 Å². The predicted molar refractivity (Wildman–Crippen MR) is 124 cm³/mol. The van der Waals surface area contributed by atoms with Crippen LogP contribution in [0.3, 0.4) is 0 Å². The lowest BCUT2D eigenvalue weighted by atomic mass is 10.0. The monoisotopic (exact) mass is 470 g/mol. The Morgan fingerprint density at radius 1 is 0.697 bits per heavy atom. The molecule has 0 aliphatic carbocycles. The second kappa shape index (κ2) is 19.1. The van der Waals surface area contributed by atoms with E-state index in [1.54, 1.807) is 12.2 Å². The van der Waals surface area contributed by atoms with Crippen molar-refractivity contribution in [2.75, 3.05) is 7.11 Å². The molecule has 0 saturated heterocycles. The first-order valence-corrected chi connectivity index (χ1v) is 12.0. The summed E-state index contributed by atoms with van der Waals surface area (Å²) in [6.45, 7) is 6.06. The van der Waals surface area contributed by atoms with E-state index in [0.29, 0.717) is 19.3 Å². The Morgan fingerprint density at radius 2 is 1.27 bits per heavy atom. The standard InChI is InChI=1S/C25H42O8/c1-6-7-11-15-23(32-20(3)27)24(33-21(4)28)18-17-22(31-19(2)26)14-12-9-8-10-13-16-25(29)30-5/h17-18,22-24H,6-16H2,1-5H3/b18-17+/t22-,23+,24+/m1/s1. The molecule has 0 aliphatic rings. The molecule has 0 amide bonds. The topological polar surface area (TPSA) is 105 Å². The maximum atomic E-state index is 11.6. The molecule has 8 nitrogen and oxygen atoms in total. The largest absolute Gasteiger partial charge is 0.469 e. The molecule has 0 unspecified atom stereocenters. The number of rotatable bonds is 18.